The summed E-state index contributed by atoms with van der Waals surface area (Å²) in [5, 5.41) is 11.5. The van der Waals surface area contributed by atoms with Gasteiger partial charge in [-0.15, -0.1) is 10.2 Å². The fourth-order valence-electron chi connectivity index (χ4n) is 3.41. The van der Waals surface area contributed by atoms with Gasteiger partial charge in [0.05, 0.1) is 13.2 Å². The lowest BCUT2D eigenvalue weighted by Crippen LogP contribution is -2.44. The number of ether oxygens (including phenoxy) is 1. The van der Waals surface area contributed by atoms with Crippen LogP contribution in [0.2, 0.25) is 0 Å². The zero-order valence-electron chi connectivity index (χ0n) is 16.2. The number of aromatic nitrogens is 2. The van der Waals surface area contributed by atoms with Crippen molar-refractivity contribution >= 4 is 23.1 Å². The second-order valence-electron chi connectivity index (χ2n) is 7.17. The van der Waals surface area contributed by atoms with Crippen LogP contribution in [0.3, 0.4) is 0 Å². The van der Waals surface area contributed by atoms with Crippen LogP contribution in [0.5, 0.6) is 0 Å². The SMILES string of the molecule is CN1CCN(c2ccc(Nc3ccc(C(=O)N4CCOCC4)nn3)cc2)CC1. The lowest BCUT2D eigenvalue weighted by atomic mass is 10.2. The van der Waals surface area contributed by atoms with Crippen molar-refractivity contribution in [2.45, 2.75) is 0 Å². The zero-order chi connectivity index (χ0) is 19.3. The Labute approximate surface area is 165 Å². The number of likely N-dealkylation sites (N-methyl/N-ethyl adjacent to an activating group) is 1. The molecule has 1 aromatic carbocycles. The third kappa shape index (κ3) is 4.40. The molecule has 8 nitrogen and oxygen atoms in total. The first-order chi connectivity index (χ1) is 13.7. The Morgan fingerprint density at radius 2 is 1.64 bits per heavy atom. The first-order valence-corrected chi connectivity index (χ1v) is 9.70. The van der Waals surface area contributed by atoms with Crippen molar-refractivity contribution in [3.63, 3.8) is 0 Å². The summed E-state index contributed by atoms with van der Waals surface area (Å²) < 4.78 is 5.28. The van der Waals surface area contributed by atoms with E-state index in [-0.39, 0.29) is 5.91 Å². The molecule has 28 heavy (non-hydrogen) atoms. The number of piperazine rings is 1. The molecule has 0 saturated carbocycles. The van der Waals surface area contributed by atoms with E-state index in [1.54, 1.807) is 17.0 Å². The molecular formula is C20H26N6O2. The van der Waals surface area contributed by atoms with Gasteiger partial charge in [0.25, 0.3) is 5.91 Å². The van der Waals surface area contributed by atoms with E-state index in [1.807, 2.05) is 12.1 Å². The molecular weight excluding hydrogens is 356 g/mol. The van der Waals surface area contributed by atoms with E-state index in [0.29, 0.717) is 37.8 Å². The maximum atomic E-state index is 12.4. The van der Waals surface area contributed by atoms with Crippen LogP contribution in [-0.4, -0.2) is 85.4 Å². The number of hydrogen-bond acceptors (Lipinski definition) is 7. The molecule has 2 aliphatic rings. The number of anilines is 3. The third-order valence-corrected chi connectivity index (χ3v) is 5.19. The van der Waals surface area contributed by atoms with Gasteiger partial charge in [-0.3, -0.25) is 4.79 Å². The molecule has 2 saturated heterocycles. The van der Waals surface area contributed by atoms with Crippen LogP contribution in [0, 0.1) is 0 Å². The van der Waals surface area contributed by atoms with Crippen molar-refractivity contribution in [1.82, 2.24) is 20.0 Å². The minimum atomic E-state index is -0.0983. The number of rotatable bonds is 4. The molecule has 4 rings (SSSR count). The van der Waals surface area contributed by atoms with E-state index in [0.717, 1.165) is 31.9 Å². The summed E-state index contributed by atoms with van der Waals surface area (Å²) in [6.45, 7) is 6.61. The Bertz CT molecular complexity index is 781. The number of carbonyl (C=O) groups is 1. The normalized spacial score (nSPS) is 18.2. The van der Waals surface area contributed by atoms with E-state index < -0.39 is 0 Å². The topological polar surface area (TPSA) is 73.8 Å². The lowest BCUT2D eigenvalue weighted by Gasteiger charge is -2.34. The molecule has 0 atom stereocenters. The van der Waals surface area contributed by atoms with E-state index >= 15 is 0 Å². The largest absolute Gasteiger partial charge is 0.378 e. The zero-order valence-corrected chi connectivity index (χ0v) is 16.2. The lowest BCUT2D eigenvalue weighted by molar-refractivity contribution is 0.0298. The van der Waals surface area contributed by atoms with Gasteiger partial charge in [-0.05, 0) is 43.4 Å². The minimum Gasteiger partial charge on any atom is -0.378 e. The van der Waals surface area contributed by atoms with Crippen molar-refractivity contribution in [3.8, 4) is 0 Å². The van der Waals surface area contributed by atoms with Gasteiger partial charge in [-0.1, -0.05) is 0 Å². The Kier molecular flexibility index (Phi) is 5.68. The van der Waals surface area contributed by atoms with E-state index in [1.165, 1.54) is 5.69 Å². The highest BCUT2D eigenvalue weighted by atomic mass is 16.5. The van der Waals surface area contributed by atoms with Gasteiger partial charge in [-0.2, -0.15) is 0 Å². The molecule has 0 unspecified atom stereocenters. The molecule has 2 aliphatic heterocycles. The average molecular weight is 382 g/mol. The fourth-order valence-corrected chi connectivity index (χ4v) is 3.41. The fraction of sp³-hybridized carbons (Fsp3) is 0.450. The number of carbonyl (C=O) groups excluding carboxylic acids is 1. The van der Waals surface area contributed by atoms with Crippen LogP contribution in [0.4, 0.5) is 17.2 Å². The smallest absolute Gasteiger partial charge is 0.274 e. The van der Waals surface area contributed by atoms with Gasteiger partial charge in [-0.25, -0.2) is 0 Å². The number of hydrogen-bond donors (Lipinski definition) is 1. The molecule has 2 fully saturated rings. The molecule has 8 heteroatoms. The quantitative estimate of drug-likeness (QED) is 0.858. The monoisotopic (exact) mass is 382 g/mol. The van der Waals surface area contributed by atoms with Gasteiger partial charge < -0.3 is 24.8 Å². The predicted molar refractivity (Wildman–Crippen MR) is 108 cm³/mol. The molecule has 0 spiro atoms. The first kappa shape index (κ1) is 18.6. The standard InChI is InChI=1S/C20H26N6O2/c1-24-8-10-25(11-9-24)17-4-2-16(3-5-17)21-19-7-6-18(22-23-19)20(27)26-12-14-28-15-13-26/h2-7H,8-15H2,1H3,(H,21,23). The second-order valence-corrected chi connectivity index (χ2v) is 7.17. The highest BCUT2D eigenvalue weighted by Crippen LogP contribution is 2.21. The van der Waals surface area contributed by atoms with Crippen LogP contribution in [0.15, 0.2) is 36.4 Å². The minimum absolute atomic E-state index is 0.0983. The van der Waals surface area contributed by atoms with Crippen molar-refractivity contribution in [2.75, 3.05) is 69.7 Å². The Balaban J connectivity index is 1.35. The van der Waals surface area contributed by atoms with Crippen LogP contribution < -0.4 is 10.2 Å². The Hall–Kier alpha value is -2.71. The van der Waals surface area contributed by atoms with Crippen molar-refractivity contribution in [2.24, 2.45) is 0 Å². The number of amides is 1. The predicted octanol–water partition coefficient (Wildman–Crippen LogP) is 1.44. The molecule has 0 radical (unpaired) electrons. The molecule has 1 aromatic heterocycles. The van der Waals surface area contributed by atoms with Gasteiger partial charge in [0, 0.05) is 50.6 Å². The van der Waals surface area contributed by atoms with Gasteiger partial charge in [0.15, 0.2) is 11.5 Å². The average Bonchev–Trinajstić information content (AvgIpc) is 2.76. The molecule has 3 heterocycles. The summed E-state index contributed by atoms with van der Waals surface area (Å²) in [4.78, 5) is 18.9. The number of nitrogens with one attached hydrogen (secondary N) is 1. The maximum absolute atomic E-state index is 12.4. The summed E-state index contributed by atoms with van der Waals surface area (Å²) >= 11 is 0. The van der Waals surface area contributed by atoms with Crippen LogP contribution in [0.1, 0.15) is 10.5 Å². The van der Waals surface area contributed by atoms with Crippen LogP contribution >= 0.6 is 0 Å². The first-order valence-electron chi connectivity index (χ1n) is 9.70. The van der Waals surface area contributed by atoms with Gasteiger partial charge in [0.1, 0.15) is 0 Å². The van der Waals surface area contributed by atoms with Crippen molar-refractivity contribution in [1.29, 1.82) is 0 Å². The number of benzene rings is 1. The maximum Gasteiger partial charge on any atom is 0.274 e. The summed E-state index contributed by atoms with van der Waals surface area (Å²) in [6, 6.07) is 11.8. The van der Waals surface area contributed by atoms with Crippen molar-refractivity contribution < 1.29 is 9.53 Å². The molecule has 1 amide bonds. The summed E-state index contributed by atoms with van der Waals surface area (Å²) in [6.07, 6.45) is 0. The van der Waals surface area contributed by atoms with E-state index in [9.17, 15) is 4.79 Å². The number of morpholine rings is 1. The van der Waals surface area contributed by atoms with E-state index in [4.69, 9.17) is 4.74 Å². The molecule has 1 N–H and O–H groups in total. The van der Waals surface area contributed by atoms with Crippen LogP contribution in [-0.2, 0) is 4.74 Å². The Morgan fingerprint density at radius 1 is 0.929 bits per heavy atom. The molecule has 2 aromatic rings. The molecule has 0 aliphatic carbocycles. The highest BCUT2D eigenvalue weighted by Gasteiger charge is 2.20. The van der Waals surface area contributed by atoms with Gasteiger partial charge in [0.2, 0.25) is 0 Å². The highest BCUT2D eigenvalue weighted by molar-refractivity contribution is 5.92. The Morgan fingerprint density at radius 3 is 2.29 bits per heavy atom. The second kappa shape index (κ2) is 8.53. The van der Waals surface area contributed by atoms with Gasteiger partial charge >= 0.3 is 0 Å². The summed E-state index contributed by atoms with van der Waals surface area (Å²) in [7, 11) is 2.16. The molecule has 0 bridgehead atoms. The summed E-state index contributed by atoms with van der Waals surface area (Å²) in [5.74, 6) is 0.518. The van der Waals surface area contributed by atoms with E-state index in [2.05, 4.69) is 44.5 Å². The summed E-state index contributed by atoms with van der Waals surface area (Å²) in [5.41, 5.74) is 2.54. The van der Waals surface area contributed by atoms with Crippen LogP contribution in [0.25, 0.3) is 0 Å². The molecule has 148 valence electrons. The third-order valence-electron chi connectivity index (χ3n) is 5.19. The van der Waals surface area contributed by atoms with Crippen molar-refractivity contribution in [3.05, 3.63) is 42.1 Å². The number of nitrogens with zero attached hydrogens (tertiary/aromatic N) is 5.